The van der Waals surface area contributed by atoms with Crippen LogP contribution in [-0.2, 0) is 11.0 Å². The van der Waals surface area contributed by atoms with E-state index in [1.165, 1.54) is 0 Å². The molecule has 3 heterocycles. The lowest BCUT2D eigenvalue weighted by atomic mass is 9.98. The van der Waals surface area contributed by atoms with Crippen molar-refractivity contribution in [1.29, 1.82) is 0 Å². The Bertz CT molecular complexity index is 1470. The zero-order chi connectivity index (χ0) is 29.8. The number of benzene rings is 1. The van der Waals surface area contributed by atoms with E-state index in [4.69, 9.17) is 5.73 Å². The minimum atomic E-state index is -5.33. The summed E-state index contributed by atoms with van der Waals surface area (Å²) in [6.45, 7) is -0.646. The van der Waals surface area contributed by atoms with Crippen LogP contribution in [0, 0.1) is 5.82 Å². The number of nitrogens with zero attached hydrogens (tertiary/aromatic N) is 4. The molecule has 0 saturated carbocycles. The highest BCUT2D eigenvalue weighted by molar-refractivity contribution is 5.96. The molecule has 1 saturated heterocycles. The Kier molecular flexibility index (Phi) is 7.15. The van der Waals surface area contributed by atoms with Gasteiger partial charge in [0.25, 0.3) is 11.8 Å². The van der Waals surface area contributed by atoms with E-state index >= 15 is 0 Å². The molecule has 0 aliphatic carbocycles. The summed E-state index contributed by atoms with van der Waals surface area (Å²) in [5, 5.41) is 15.8. The summed E-state index contributed by atoms with van der Waals surface area (Å²) in [4.78, 5) is 29.2. The summed E-state index contributed by atoms with van der Waals surface area (Å²) in [7, 11) is 0. The minimum Gasteiger partial charge on any atom is -0.382 e. The quantitative estimate of drug-likeness (QED) is 0.399. The number of aliphatic hydroxyl groups is 1. The highest BCUT2D eigenvalue weighted by atomic mass is 19.4. The smallest absolute Gasteiger partial charge is 0.382 e. The Labute approximate surface area is 219 Å². The molecular weight excluding hydrogens is 560 g/mol. The monoisotopic (exact) mass is 580 g/mol. The average molecular weight is 580 g/mol. The van der Waals surface area contributed by atoms with E-state index in [9.17, 15) is 49.8 Å². The second kappa shape index (κ2) is 9.87. The van der Waals surface area contributed by atoms with Crippen LogP contribution in [0.1, 0.15) is 29.3 Å². The molecule has 1 aliphatic heterocycles. The van der Waals surface area contributed by atoms with Gasteiger partial charge in [-0.2, -0.15) is 31.4 Å². The summed E-state index contributed by atoms with van der Waals surface area (Å²) in [6, 6.07) is 1.65. The largest absolute Gasteiger partial charge is 0.426 e. The third-order valence-corrected chi connectivity index (χ3v) is 6.58. The van der Waals surface area contributed by atoms with Gasteiger partial charge in [-0.3, -0.25) is 9.59 Å². The molecule has 17 heteroatoms. The van der Waals surface area contributed by atoms with E-state index in [2.05, 4.69) is 15.4 Å². The molecule has 0 radical (unpaired) electrons. The molecule has 216 valence electrons. The van der Waals surface area contributed by atoms with Crippen LogP contribution in [0.5, 0.6) is 0 Å². The van der Waals surface area contributed by atoms with Crippen molar-refractivity contribution in [1.82, 2.24) is 24.8 Å². The number of carbonyl (C=O) groups excluding carboxylic acids is 2. The molecule has 1 fully saturated rings. The zero-order valence-corrected chi connectivity index (χ0v) is 20.3. The number of carbonyl (C=O) groups is 2. The lowest BCUT2D eigenvalue weighted by Gasteiger charge is -2.31. The number of aromatic nitrogens is 3. The summed E-state index contributed by atoms with van der Waals surface area (Å²) < 4.78 is 111. The molecular formula is C23H20F8N6O3. The number of likely N-dealkylation sites (tertiary alicyclic amines) is 1. The van der Waals surface area contributed by atoms with Crippen molar-refractivity contribution in [2.45, 2.75) is 43.5 Å². The normalized spacial score (nSPS) is 19.6. The topological polar surface area (TPSA) is 126 Å². The van der Waals surface area contributed by atoms with Crippen molar-refractivity contribution < 1.29 is 49.8 Å². The van der Waals surface area contributed by atoms with Crippen molar-refractivity contribution in [3.05, 3.63) is 47.5 Å². The van der Waals surface area contributed by atoms with Crippen molar-refractivity contribution in [2.24, 2.45) is 0 Å². The van der Waals surface area contributed by atoms with E-state index in [-0.39, 0.29) is 5.56 Å². The van der Waals surface area contributed by atoms with Gasteiger partial charge < -0.3 is 21.1 Å². The Morgan fingerprint density at radius 3 is 2.42 bits per heavy atom. The zero-order valence-electron chi connectivity index (χ0n) is 20.3. The van der Waals surface area contributed by atoms with E-state index in [0.717, 1.165) is 31.5 Å². The molecule has 2 aromatic heterocycles. The van der Waals surface area contributed by atoms with Crippen molar-refractivity contribution in [2.75, 3.05) is 18.8 Å². The van der Waals surface area contributed by atoms with Gasteiger partial charge in [0, 0.05) is 17.7 Å². The van der Waals surface area contributed by atoms with Gasteiger partial charge in [-0.25, -0.2) is 18.3 Å². The summed E-state index contributed by atoms with van der Waals surface area (Å²) in [5.74, 6) is -4.44. The number of hydrogen-bond acceptors (Lipinski definition) is 6. The lowest BCUT2D eigenvalue weighted by molar-refractivity contribution is -0.256. The molecule has 4 rings (SSSR count). The number of nitrogens with one attached hydrogen (secondary N) is 1. The van der Waals surface area contributed by atoms with Crippen molar-refractivity contribution in [3.8, 4) is 11.3 Å². The Hall–Kier alpha value is -4.02. The SMILES string of the molecule is CCC(O)(C(=O)N1C[C@H](F)[C@H](NC(=O)c2ccc(F)c(-c3cc(C(F)(F)F)c4c(N)ncnn34)c2)C1)C(F)(F)F. The van der Waals surface area contributed by atoms with Crippen LogP contribution in [0.3, 0.4) is 0 Å². The van der Waals surface area contributed by atoms with Crippen LogP contribution >= 0.6 is 0 Å². The predicted molar refractivity (Wildman–Crippen MR) is 122 cm³/mol. The highest BCUT2D eigenvalue weighted by Gasteiger charge is 2.60. The fourth-order valence-corrected chi connectivity index (χ4v) is 4.39. The Balaban J connectivity index is 1.62. The van der Waals surface area contributed by atoms with Gasteiger partial charge >= 0.3 is 12.4 Å². The molecule has 0 bridgehead atoms. The molecule has 1 unspecified atom stereocenters. The molecule has 3 aromatic rings. The van der Waals surface area contributed by atoms with Crippen LogP contribution in [0.15, 0.2) is 30.6 Å². The van der Waals surface area contributed by atoms with Crippen LogP contribution in [-0.4, -0.2) is 73.5 Å². The average Bonchev–Trinajstić information content (AvgIpc) is 3.44. The molecule has 3 atom stereocenters. The summed E-state index contributed by atoms with van der Waals surface area (Å²) in [5.41, 5.74) is -1.37. The third kappa shape index (κ3) is 4.89. The maximum atomic E-state index is 14.8. The van der Waals surface area contributed by atoms with Gasteiger partial charge in [-0.15, -0.1) is 0 Å². The van der Waals surface area contributed by atoms with E-state index in [0.29, 0.717) is 15.5 Å². The van der Waals surface area contributed by atoms with Crippen LogP contribution in [0.2, 0.25) is 0 Å². The number of rotatable bonds is 5. The summed E-state index contributed by atoms with van der Waals surface area (Å²) in [6.07, 6.45) is -12.5. The molecule has 40 heavy (non-hydrogen) atoms. The van der Waals surface area contributed by atoms with E-state index in [1.54, 1.807) is 0 Å². The fraction of sp³-hybridized carbons (Fsp3) is 0.391. The van der Waals surface area contributed by atoms with Gasteiger partial charge in [0.2, 0.25) is 5.60 Å². The standard InChI is InChI=1S/C23H20F8N6O3/c1-2-21(40,23(29,30)31)20(39)36-7-14(25)15(8-36)35-19(38)10-3-4-13(24)11(5-10)16-6-12(22(26,27)28)17-18(32)33-9-34-37(16)17/h3-6,9,14-15,40H,2,7-8H2,1H3,(H,35,38)(H2,32,33,34)/t14-,15+,21?/m0/s1. The maximum Gasteiger partial charge on any atom is 0.426 e. The molecule has 4 N–H and O–H groups in total. The molecule has 2 amide bonds. The van der Waals surface area contributed by atoms with E-state index < -0.39 is 95.5 Å². The lowest BCUT2D eigenvalue weighted by Crippen LogP contribution is -2.57. The number of amides is 2. The van der Waals surface area contributed by atoms with Crippen molar-refractivity contribution in [3.63, 3.8) is 0 Å². The van der Waals surface area contributed by atoms with Gasteiger partial charge in [-0.05, 0) is 30.7 Å². The number of halogens is 8. The first-order chi connectivity index (χ1) is 18.5. The van der Waals surface area contributed by atoms with Gasteiger partial charge in [0.05, 0.1) is 23.8 Å². The van der Waals surface area contributed by atoms with Gasteiger partial charge in [0.15, 0.2) is 5.82 Å². The Morgan fingerprint density at radius 2 is 1.82 bits per heavy atom. The molecule has 1 aromatic carbocycles. The number of anilines is 1. The predicted octanol–water partition coefficient (Wildman–Crippen LogP) is 3.12. The number of fused-ring (bicyclic) bond motifs is 1. The minimum absolute atomic E-state index is 0.348. The maximum absolute atomic E-state index is 14.8. The first-order valence-corrected chi connectivity index (χ1v) is 11.5. The number of nitrogen functional groups attached to an aromatic ring is 1. The Morgan fingerprint density at radius 1 is 1.15 bits per heavy atom. The second-order valence-electron chi connectivity index (χ2n) is 9.06. The number of hydrogen-bond donors (Lipinski definition) is 3. The van der Waals surface area contributed by atoms with Crippen LogP contribution in [0.4, 0.5) is 40.9 Å². The number of nitrogens with two attached hydrogens (primary N) is 1. The third-order valence-electron chi connectivity index (χ3n) is 6.58. The second-order valence-corrected chi connectivity index (χ2v) is 9.06. The fourth-order valence-electron chi connectivity index (χ4n) is 4.39. The first-order valence-electron chi connectivity index (χ1n) is 11.5. The van der Waals surface area contributed by atoms with Gasteiger partial charge in [0.1, 0.15) is 23.8 Å². The molecule has 1 aliphatic rings. The van der Waals surface area contributed by atoms with Crippen molar-refractivity contribution >= 4 is 23.1 Å². The van der Waals surface area contributed by atoms with Crippen LogP contribution < -0.4 is 11.1 Å². The van der Waals surface area contributed by atoms with Crippen LogP contribution in [0.25, 0.3) is 16.8 Å². The number of alkyl halides is 7. The highest BCUT2D eigenvalue weighted by Crippen LogP contribution is 2.39. The summed E-state index contributed by atoms with van der Waals surface area (Å²) >= 11 is 0. The first kappa shape index (κ1) is 29.0. The van der Waals surface area contributed by atoms with E-state index in [1.807, 2.05) is 0 Å². The molecule has 0 spiro atoms. The molecule has 9 nitrogen and oxygen atoms in total. The van der Waals surface area contributed by atoms with Gasteiger partial charge in [-0.1, -0.05) is 6.92 Å².